The summed E-state index contributed by atoms with van der Waals surface area (Å²) >= 11 is 0. The van der Waals surface area contributed by atoms with E-state index in [1.807, 2.05) is 38.4 Å². The Kier molecular flexibility index (Phi) is 8.17. The number of hydrogen-bond acceptors (Lipinski definition) is 4. The van der Waals surface area contributed by atoms with Gasteiger partial charge >= 0.3 is 0 Å². The number of rotatable bonds is 5. The van der Waals surface area contributed by atoms with Crippen molar-refractivity contribution < 1.29 is 8.83 Å². The Bertz CT molecular complexity index is 3900. The van der Waals surface area contributed by atoms with E-state index >= 15 is 0 Å². The molecule has 1 atom stereocenters. The quantitative estimate of drug-likeness (QED) is 0.176. The lowest BCUT2D eigenvalue weighted by Crippen LogP contribution is -2.12. The number of fused-ring (bicyclic) bond motifs is 16. The highest BCUT2D eigenvalue weighted by molar-refractivity contribution is 6.36. The first kappa shape index (κ1) is 36.0. The zero-order valence-corrected chi connectivity index (χ0v) is 34.3. The van der Waals surface area contributed by atoms with Gasteiger partial charge in [-0.3, -0.25) is 4.99 Å². The maximum Gasteiger partial charge on any atom is 0.160 e. The third-order valence-electron chi connectivity index (χ3n) is 12.5. The Labute approximate surface area is 356 Å². The van der Waals surface area contributed by atoms with E-state index in [4.69, 9.17) is 13.8 Å². The van der Waals surface area contributed by atoms with Crippen molar-refractivity contribution in [3.05, 3.63) is 193 Å². The maximum absolute atomic E-state index is 7.09. The summed E-state index contributed by atoms with van der Waals surface area (Å²) in [6.07, 6.45) is 0. The molecule has 0 amide bonds. The zero-order chi connectivity index (χ0) is 41.5. The van der Waals surface area contributed by atoms with Crippen LogP contribution in [0.2, 0.25) is 0 Å². The van der Waals surface area contributed by atoms with Gasteiger partial charge in [-0.2, -0.15) is 0 Å². The largest absolute Gasteiger partial charge is 0.456 e. The molecule has 1 unspecified atom stereocenters. The summed E-state index contributed by atoms with van der Waals surface area (Å²) in [7, 11) is 3.75. The van der Waals surface area contributed by atoms with E-state index in [1.54, 1.807) is 0 Å². The lowest BCUT2D eigenvalue weighted by Gasteiger charge is -2.22. The van der Waals surface area contributed by atoms with Crippen LogP contribution in [-0.2, 0) is 0 Å². The number of para-hydroxylation sites is 4. The third kappa shape index (κ3) is 5.11. The van der Waals surface area contributed by atoms with Gasteiger partial charge in [0.1, 0.15) is 22.9 Å². The van der Waals surface area contributed by atoms with Gasteiger partial charge in [0.25, 0.3) is 0 Å². The smallest absolute Gasteiger partial charge is 0.160 e. The minimum Gasteiger partial charge on any atom is -0.456 e. The fraction of sp³-hybridized carbons (Fsp3) is 0.0536. The molecule has 0 saturated carbocycles. The van der Waals surface area contributed by atoms with Crippen molar-refractivity contribution in [2.24, 2.45) is 4.99 Å². The molecule has 62 heavy (non-hydrogen) atoms. The van der Waals surface area contributed by atoms with Crippen molar-refractivity contribution in [3.63, 3.8) is 0 Å². The van der Waals surface area contributed by atoms with E-state index in [2.05, 4.69) is 179 Å². The van der Waals surface area contributed by atoms with Crippen LogP contribution < -0.4 is 5.32 Å². The Morgan fingerprint density at radius 3 is 1.84 bits per heavy atom. The topological polar surface area (TPSA) is 60.5 Å². The number of aliphatic imine (C=N–C) groups is 1. The first-order valence-electron chi connectivity index (χ1n) is 21.0. The van der Waals surface area contributed by atoms with Gasteiger partial charge in [-0.05, 0) is 85.0 Å². The van der Waals surface area contributed by atoms with E-state index in [9.17, 15) is 0 Å². The van der Waals surface area contributed by atoms with Crippen molar-refractivity contribution in [3.8, 4) is 5.69 Å². The first-order valence-corrected chi connectivity index (χ1v) is 21.0. The fourth-order valence-electron chi connectivity index (χ4n) is 10.1. The monoisotopic (exact) mass is 800 g/mol. The Morgan fingerprint density at radius 1 is 0.500 bits per heavy atom. The summed E-state index contributed by atoms with van der Waals surface area (Å²) in [5.41, 5.74) is 9.69. The van der Waals surface area contributed by atoms with Crippen LogP contribution in [0.4, 0.5) is 5.69 Å². The highest BCUT2D eigenvalue weighted by atomic mass is 16.3. The minimum atomic E-state index is -0.502. The molecule has 0 bridgehead atoms. The van der Waals surface area contributed by atoms with Crippen molar-refractivity contribution in [1.29, 1.82) is 0 Å². The summed E-state index contributed by atoms with van der Waals surface area (Å²) in [4.78, 5) is 4.76. The summed E-state index contributed by atoms with van der Waals surface area (Å²) in [5, 5.41) is 15.1. The molecular formula is C56H40N4O2. The van der Waals surface area contributed by atoms with Crippen LogP contribution in [0.15, 0.2) is 196 Å². The fourth-order valence-corrected chi connectivity index (χ4v) is 10.1. The molecule has 0 spiro atoms. The zero-order valence-electron chi connectivity index (χ0n) is 34.3. The van der Waals surface area contributed by atoms with Crippen molar-refractivity contribution in [2.45, 2.75) is 6.04 Å². The molecule has 0 aliphatic carbocycles. The molecule has 9 aromatic carbocycles. The molecule has 0 radical (unpaired) electrons. The standard InChI is InChI=1S/C54H33N3O2.C2H7N/c1-55-49-41-23-11-14-26-46(41)59-54(49)50(33-28-29-37-36-19-9-12-24-43(36)56(44(37)31-33)34-16-3-2-4-17-34)57-51-35-18-6-5-15-32(35)27-30-42(51)47-38-20-7-8-21-39(38)48-40-22-10-13-25-45(40)58-53(48)52(47)57;1-3-2/h2-31,50H,1H2;3H,1-2H3. The molecule has 4 aromatic heterocycles. The second-order valence-electron chi connectivity index (χ2n) is 16.0. The van der Waals surface area contributed by atoms with Gasteiger partial charge in [-0.25, -0.2) is 0 Å². The lowest BCUT2D eigenvalue weighted by atomic mass is 9.98. The molecule has 1 N–H and O–H groups in total. The molecule has 0 aliphatic rings. The van der Waals surface area contributed by atoms with E-state index in [0.717, 1.165) is 98.8 Å². The maximum atomic E-state index is 7.09. The number of hydrogen-bond donors (Lipinski definition) is 1. The van der Waals surface area contributed by atoms with Gasteiger partial charge in [0.2, 0.25) is 0 Å². The minimum absolute atomic E-state index is 0.502. The van der Waals surface area contributed by atoms with Crippen LogP contribution in [0.1, 0.15) is 17.4 Å². The Hall–Kier alpha value is -7.93. The van der Waals surface area contributed by atoms with Crippen LogP contribution in [-0.4, -0.2) is 29.9 Å². The van der Waals surface area contributed by atoms with Crippen LogP contribution in [0.25, 0.3) is 104 Å². The number of benzene rings is 9. The molecule has 0 fully saturated rings. The van der Waals surface area contributed by atoms with Crippen LogP contribution >= 0.6 is 0 Å². The van der Waals surface area contributed by atoms with Crippen molar-refractivity contribution in [2.75, 3.05) is 14.1 Å². The van der Waals surface area contributed by atoms with Crippen molar-refractivity contribution >= 4 is 110 Å². The van der Waals surface area contributed by atoms with Gasteiger partial charge in [-0.1, -0.05) is 140 Å². The molecule has 296 valence electrons. The Morgan fingerprint density at radius 2 is 1.08 bits per heavy atom. The van der Waals surface area contributed by atoms with Crippen molar-refractivity contribution in [1.82, 2.24) is 14.5 Å². The molecule has 0 saturated heterocycles. The first-order chi connectivity index (χ1) is 30.7. The molecule has 0 aliphatic heterocycles. The number of furan rings is 2. The van der Waals surface area contributed by atoms with E-state index in [1.165, 1.54) is 16.2 Å². The average Bonchev–Trinajstić information content (AvgIpc) is 4.08. The predicted octanol–water partition coefficient (Wildman–Crippen LogP) is 14.6. The van der Waals surface area contributed by atoms with E-state index in [-0.39, 0.29) is 0 Å². The highest BCUT2D eigenvalue weighted by Gasteiger charge is 2.33. The second kappa shape index (κ2) is 14.1. The highest BCUT2D eigenvalue weighted by Crippen LogP contribution is 2.51. The normalized spacial score (nSPS) is 12.4. The lowest BCUT2D eigenvalue weighted by molar-refractivity contribution is 0.501. The molecule has 6 heteroatoms. The van der Waals surface area contributed by atoms with Gasteiger partial charge in [-0.15, -0.1) is 0 Å². The van der Waals surface area contributed by atoms with Gasteiger partial charge in [0, 0.05) is 48.8 Å². The average molecular weight is 801 g/mol. The van der Waals surface area contributed by atoms with Crippen LogP contribution in [0.3, 0.4) is 0 Å². The summed E-state index contributed by atoms with van der Waals surface area (Å²) in [5.74, 6) is 0.715. The number of aromatic nitrogens is 2. The summed E-state index contributed by atoms with van der Waals surface area (Å²) in [6, 6.07) is 64.2. The van der Waals surface area contributed by atoms with Gasteiger partial charge < -0.3 is 23.3 Å². The van der Waals surface area contributed by atoms with Gasteiger partial charge in [0.05, 0.1) is 22.1 Å². The molecule has 4 heterocycles. The van der Waals surface area contributed by atoms with Crippen LogP contribution in [0, 0.1) is 0 Å². The Balaban J connectivity index is 0.00000133. The van der Waals surface area contributed by atoms with Crippen LogP contribution in [0.5, 0.6) is 0 Å². The summed E-state index contributed by atoms with van der Waals surface area (Å²) in [6.45, 7) is 4.16. The SMILES string of the molecule is C=Nc1c(C(c2ccc3c4ccccc4n(-c4ccccc4)c3c2)n2c3c4ccccc4ccc3c3c4ccccc4c4c5ccccc5oc4c32)oc2ccccc12.CNC. The molecule has 13 rings (SSSR count). The van der Waals surface area contributed by atoms with E-state index < -0.39 is 6.04 Å². The summed E-state index contributed by atoms with van der Waals surface area (Å²) < 4.78 is 19.1. The van der Waals surface area contributed by atoms with Gasteiger partial charge in [0.15, 0.2) is 11.3 Å². The second-order valence-corrected chi connectivity index (χ2v) is 16.0. The number of nitrogens with one attached hydrogen (secondary N) is 1. The third-order valence-corrected chi connectivity index (χ3v) is 12.5. The molecule has 6 nitrogen and oxygen atoms in total. The van der Waals surface area contributed by atoms with E-state index in [0.29, 0.717) is 5.76 Å². The molecule has 13 aromatic rings. The molecular weight excluding hydrogens is 761 g/mol. The number of nitrogens with zero attached hydrogens (tertiary/aromatic N) is 3. The predicted molar refractivity (Wildman–Crippen MR) is 260 cm³/mol.